The summed E-state index contributed by atoms with van der Waals surface area (Å²) < 4.78 is 46.3. The van der Waals surface area contributed by atoms with Crippen molar-refractivity contribution in [3.8, 4) is 5.75 Å². The molecule has 0 radical (unpaired) electrons. The minimum absolute atomic E-state index is 0.0196. The third-order valence-corrected chi connectivity index (χ3v) is 4.75. The van der Waals surface area contributed by atoms with Crippen molar-refractivity contribution in [3.63, 3.8) is 0 Å². The van der Waals surface area contributed by atoms with E-state index in [1.54, 1.807) is 29.2 Å². The maximum Gasteiger partial charge on any atom is 0.167 e. The van der Waals surface area contributed by atoms with E-state index in [0.717, 1.165) is 18.6 Å². The highest BCUT2D eigenvalue weighted by Crippen LogP contribution is 2.25. The van der Waals surface area contributed by atoms with Crippen LogP contribution in [-0.2, 0) is 6.54 Å². The first-order valence-corrected chi connectivity index (χ1v) is 8.52. The van der Waals surface area contributed by atoms with Crippen molar-refractivity contribution in [1.82, 2.24) is 4.90 Å². The molecule has 0 aromatic heterocycles. The normalized spacial score (nSPS) is 17.9. The molecule has 0 N–H and O–H groups in total. The summed E-state index contributed by atoms with van der Waals surface area (Å²) in [5, 5.41) is 0. The van der Waals surface area contributed by atoms with Gasteiger partial charge in [-0.2, -0.15) is 0 Å². The number of Topliss-reactive ketones (excluding diaryl/α,β-unsaturated/α-hetero) is 1. The quantitative estimate of drug-likeness (QED) is 0.589. The van der Waals surface area contributed by atoms with Gasteiger partial charge in [0.05, 0.1) is 7.11 Å². The predicted molar refractivity (Wildman–Crippen MR) is 91.6 cm³/mol. The number of ether oxygens (including phenoxy) is 1. The summed E-state index contributed by atoms with van der Waals surface area (Å²) in [4.78, 5) is 14.6. The van der Waals surface area contributed by atoms with Crippen molar-refractivity contribution in [2.75, 3.05) is 20.2 Å². The van der Waals surface area contributed by atoms with Crippen LogP contribution in [0.3, 0.4) is 0 Å². The van der Waals surface area contributed by atoms with Gasteiger partial charge in [-0.05, 0) is 43.7 Å². The second-order valence-corrected chi connectivity index (χ2v) is 6.49. The van der Waals surface area contributed by atoms with Gasteiger partial charge in [0, 0.05) is 30.1 Å². The highest BCUT2D eigenvalue weighted by atomic mass is 19.2. The number of likely N-dealkylation sites (tertiary alicyclic amines) is 1. The molecule has 3 rings (SSSR count). The fourth-order valence-electron chi connectivity index (χ4n) is 3.36. The van der Waals surface area contributed by atoms with Crippen molar-refractivity contribution >= 4 is 5.78 Å². The molecule has 1 saturated heterocycles. The number of hydrogen-bond acceptors (Lipinski definition) is 3. The minimum Gasteiger partial charge on any atom is -0.497 e. The lowest BCUT2D eigenvalue weighted by atomic mass is 9.89. The lowest BCUT2D eigenvalue weighted by Gasteiger charge is -2.32. The molecular weight excluding hydrogens is 343 g/mol. The van der Waals surface area contributed by atoms with E-state index >= 15 is 0 Å². The first-order valence-electron chi connectivity index (χ1n) is 8.52. The van der Waals surface area contributed by atoms with Gasteiger partial charge >= 0.3 is 0 Å². The summed E-state index contributed by atoms with van der Waals surface area (Å²) in [6.45, 7) is 0.931. The van der Waals surface area contributed by atoms with Crippen molar-refractivity contribution in [2.45, 2.75) is 19.4 Å². The number of ketones is 1. The van der Waals surface area contributed by atoms with Gasteiger partial charge in [0.25, 0.3) is 0 Å². The fraction of sp³-hybridized carbons (Fsp3) is 0.350. The van der Waals surface area contributed by atoms with Gasteiger partial charge < -0.3 is 4.74 Å². The van der Waals surface area contributed by atoms with E-state index in [-0.39, 0.29) is 23.8 Å². The molecule has 0 spiro atoms. The Hall–Kier alpha value is -2.34. The smallest absolute Gasteiger partial charge is 0.167 e. The lowest BCUT2D eigenvalue weighted by Crippen LogP contribution is -2.38. The molecule has 0 amide bonds. The van der Waals surface area contributed by atoms with Crippen molar-refractivity contribution in [3.05, 3.63) is 65.0 Å². The molecule has 3 nitrogen and oxygen atoms in total. The monoisotopic (exact) mass is 363 g/mol. The Morgan fingerprint density at radius 3 is 2.73 bits per heavy atom. The Labute approximate surface area is 150 Å². The van der Waals surface area contributed by atoms with Crippen LogP contribution < -0.4 is 4.74 Å². The molecule has 26 heavy (non-hydrogen) atoms. The number of halogens is 3. The van der Waals surface area contributed by atoms with E-state index in [1.165, 1.54) is 7.11 Å². The summed E-state index contributed by atoms with van der Waals surface area (Å²) in [5.74, 6) is -2.68. The first kappa shape index (κ1) is 18.5. The van der Waals surface area contributed by atoms with Gasteiger partial charge in [-0.25, -0.2) is 13.2 Å². The lowest BCUT2D eigenvalue weighted by molar-refractivity contribution is 0.0808. The molecule has 1 aliphatic rings. The molecule has 2 aromatic rings. The van der Waals surface area contributed by atoms with Gasteiger partial charge in [-0.1, -0.05) is 12.1 Å². The summed E-state index contributed by atoms with van der Waals surface area (Å²) in [6, 6.07) is 8.64. The molecule has 0 bridgehead atoms. The highest BCUT2D eigenvalue weighted by Gasteiger charge is 2.28. The number of benzene rings is 2. The van der Waals surface area contributed by atoms with Gasteiger partial charge in [-0.15, -0.1) is 0 Å². The maximum atomic E-state index is 13.9. The van der Waals surface area contributed by atoms with Crippen LogP contribution in [0.25, 0.3) is 0 Å². The summed E-state index contributed by atoms with van der Waals surface area (Å²) in [7, 11) is 1.54. The average molecular weight is 363 g/mol. The van der Waals surface area contributed by atoms with Crippen molar-refractivity contribution < 1.29 is 22.7 Å². The highest BCUT2D eigenvalue weighted by molar-refractivity contribution is 5.98. The largest absolute Gasteiger partial charge is 0.497 e. The third kappa shape index (κ3) is 3.90. The van der Waals surface area contributed by atoms with Crippen LogP contribution in [0.4, 0.5) is 13.2 Å². The molecule has 1 atom stereocenters. The van der Waals surface area contributed by atoms with Crippen molar-refractivity contribution in [1.29, 1.82) is 0 Å². The van der Waals surface area contributed by atoms with Gasteiger partial charge in [-0.3, -0.25) is 9.69 Å². The number of hydrogen-bond donors (Lipinski definition) is 0. The summed E-state index contributed by atoms with van der Waals surface area (Å²) in [6.07, 6.45) is 1.44. The van der Waals surface area contributed by atoms with Crippen LogP contribution in [0.15, 0.2) is 36.4 Å². The van der Waals surface area contributed by atoms with Crippen LogP contribution in [0.5, 0.6) is 5.75 Å². The standard InChI is InChI=1S/C20H20F3NO2/c1-26-15-6-2-4-13(10-15)20(25)14-5-3-9-24(11-14)12-16-17(21)7-8-18(22)19(16)23/h2,4,6-8,10,14H,3,5,9,11-12H2,1H3/t14-/m1/s1. The van der Waals surface area contributed by atoms with E-state index in [0.29, 0.717) is 30.8 Å². The fourth-order valence-corrected chi connectivity index (χ4v) is 3.36. The molecule has 2 aromatic carbocycles. The van der Waals surface area contributed by atoms with E-state index < -0.39 is 17.5 Å². The number of carbonyl (C=O) groups excluding carboxylic acids is 1. The SMILES string of the molecule is COc1cccc(C(=O)[C@@H]2CCCN(Cc3c(F)ccc(F)c3F)C2)c1. The van der Waals surface area contributed by atoms with Crippen LogP contribution >= 0.6 is 0 Å². The Morgan fingerprint density at radius 2 is 1.96 bits per heavy atom. The molecule has 0 saturated carbocycles. The van der Waals surface area contributed by atoms with Gasteiger partial charge in [0.2, 0.25) is 0 Å². The number of carbonyl (C=O) groups is 1. The molecule has 0 aliphatic carbocycles. The zero-order valence-corrected chi connectivity index (χ0v) is 14.5. The summed E-state index contributed by atoms with van der Waals surface area (Å²) in [5.41, 5.74) is 0.263. The topological polar surface area (TPSA) is 29.5 Å². The number of nitrogens with zero attached hydrogens (tertiary/aromatic N) is 1. The number of piperidine rings is 1. The average Bonchev–Trinajstić information content (AvgIpc) is 2.68. The molecule has 138 valence electrons. The van der Waals surface area contributed by atoms with Crippen LogP contribution in [0.2, 0.25) is 0 Å². The van der Waals surface area contributed by atoms with E-state index in [4.69, 9.17) is 4.74 Å². The van der Waals surface area contributed by atoms with Crippen LogP contribution in [0, 0.1) is 23.4 Å². The Bertz CT molecular complexity index is 810. The zero-order valence-electron chi connectivity index (χ0n) is 14.5. The minimum atomic E-state index is -1.16. The Balaban J connectivity index is 1.73. The predicted octanol–water partition coefficient (Wildman–Crippen LogP) is 4.21. The summed E-state index contributed by atoms with van der Waals surface area (Å²) >= 11 is 0. The molecular formula is C20H20F3NO2. The second-order valence-electron chi connectivity index (χ2n) is 6.49. The first-order chi connectivity index (χ1) is 12.5. The second kappa shape index (κ2) is 7.91. The molecule has 0 unspecified atom stereocenters. The van der Waals surface area contributed by atoms with Crippen LogP contribution in [0.1, 0.15) is 28.8 Å². The number of methoxy groups -OCH3 is 1. The van der Waals surface area contributed by atoms with E-state index in [9.17, 15) is 18.0 Å². The van der Waals surface area contributed by atoms with E-state index in [1.807, 2.05) is 0 Å². The maximum absolute atomic E-state index is 13.9. The Kier molecular flexibility index (Phi) is 5.61. The van der Waals surface area contributed by atoms with E-state index in [2.05, 4.69) is 0 Å². The van der Waals surface area contributed by atoms with Gasteiger partial charge in [0.15, 0.2) is 17.4 Å². The molecule has 6 heteroatoms. The number of rotatable bonds is 5. The van der Waals surface area contributed by atoms with Gasteiger partial charge in [0.1, 0.15) is 11.6 Å². The molecule has 1 heterocycles. The van der Waals surface area contributed by atoms with Crippen molar-refractivity contribution in [2.24, 2.45) is 5.92 Å². The zero-order chi connectivity index (χ0) is 18.7. The molecule has 1 fully saturated rings. The van der Waals surface area contributed by atoms with Crippen LogP contribution in [-0.4, -0.2) is 30.9 Å². The third-order valence-electron chi connectivity index (χ3n) is 4.75. The Morgan fingerprint density at radius 1 is 1.19 bits per heavy atom. The molecule has 1 aliphatic heterocycles.